The average molecular weight is 380 g/mol. The van der Waals surface area contributed by atoms with Gasteiger partial charge >= 0.3 is 12.0 Å². The Balaban J connectivity index is 2.56. The average Bonchev–Trinajstić information content (AvgIpc) is 2.62. The maximum absolute atomic E-state index is 12.1. The lowest BCUT2D eigenvalue weighted by atomic mass is 10.2. The molecule has 0 spiro atoms. The highest BCUT2D eigenvalue weighted by atomic mass is 16.5. The van der Waals surface area contributed by atoms with Gasteiger partial charge in [0, 0.05) is 6.54 Å². The molecular weight excluding hydrogens is 352 g/mol. The first kappa shape index (κ1) is 22.3. The van der Waals surface area contributed by atoms with E-state index in [1.807, 2.05) is 27.7 Å². The molecule has 0 fully saturated rings. The van der Waals surface area contributed by atoms with Crippen LogP contribution in [0.4, 0.5) is 4.79 Å². The van der Waals surface area contributed by atoms with E-state index in [4.69, 9.17) is 14.2 Å². The van der Waals surface area contributed by atoms with Gasteiger partial charge in [0.2, 0.25) is 0 Å². The Kier molecular flexibility index (Phi) is 9.12. The molecule has 1 rings (SSSR count). The van der Waals surface area contributed by atoms with Crippen molar-refractivity contribution in [1.82, 2.24) is 10.6 Å². The van der Waals surface area contributed by atoms with Crippen LogP contribution in [0.3, 0.4) is 0 Å². The van der Waals surface area contributed by atoms with E-state index in [0.717, 1.165) is 0 Å². The third-order valence-corrected chi connectivity index (χ3v) is 3.23. The quantitative estimate of drug-likeness (QED) is 0.638. The van der Waals surface area contributed by atoms with Gasteiger partial charge in [0.15, 0.2) is 18.1 Å². The van der Waals surface area contributed by atoms with E-state index in [1.54, 1.807) is 6.07 Å². The van der Waals surface area contributed by atoms with E-state index in [2.05, 4.69) is 10.6 Å². The van der Waals surface area contributed by atoms with E-state index >= 15 is 0 Å². The van der Waals surface area contributed by atoms with Crippen LogP contribution >= 0.6 is 0 Å². The number of rotatable bonds is 9. The largest absolute Gasteiger partial charge is 0.493 e. The lowest BCUT2D eigenvalue weighted by Gasteiger charge is -2.13. The molecule has 0 aliphatic heterocycles. The molecule has 0 radical (unpaired) electrons. The van der Waals surface area contributed by atoms with Gasteiger partial charge in [0.25, 0.3) is 5.91 Å². The zero-order valence-electron chi connectivity index (χ0n) is 16.5. The smallest absolute Gasteiger partial charge is 0.338 e. The number of imide groups is 1. The molecule has 8 heteroatoms. The number of nitrogens with one attached hydrogen (secondary N) is 2. The third-order valence-electron chi connectivity index (χ3n) is 3.23. The van der Waals surface area contributed by atoms with Gasteiger partial charge < -0.3 is 19.5 Å². The predicted octanol–water partition coefficient (Wildman–Crippen LogP) is 2.37. The highest BCUT2D eigenvalue weighted by Gasteiger charge is 2.15. The number of ether oxygens (including phenoxy) is 3. The summed E-state index contributed by atoms with van der Waals surface area (Å²) >= 11 is 0. The summed E-state index contributed by atoms with van der Waals surface area (Å²) in [4.78, 5) is 35.3. The Morgan fingerprint density at radius 2 is 1.74 bits per heavy atom. The maximum Gasteiger partial charge on any atom is 0.338 e. The second-order valence-electron chi connectivity index (χ2n) is 6.80. The molecule has 0 aliphatic carbocycles. The van der Waals surface area contributed by atoms with Crippen LogP contribution in [0, 0.1) is 11.8 Å². The summed E-state index contributed by atoms with van der Waals surface area (Å²) in [5.74, 6) is 0.0848. The number of urea groups is 1. The van der Waals surface area contributed by atoms with E-state index < -0.39 is 24.5 Å². The summed E-state index contributed by atoms with van der Waals surface area (Å²) in [5.41, 5.74) is 0.209. The molecule has 0 aromatic heterocycles. The molecule has 0 saturated carbocycles. The van der Waals surface area contributed by atoms with E-state index in [9.17, 15) is 14.4 Å². The van der Waals surface area contributed by atoms with Crippen molar-refractivity contribution in [1.29, 1.82) is 0 Å². The Morgan fingerprint density at radius 3 is 2.33 bits per heavy atom. The van der Waals surface area contributed by atoms with Crippen LogP contribution in [0.2, 0.25) is 0 Å². The molecule has 8 nitrogen and oxygen atoms in total. The predicted molar refractivity (Wildman–Crippen MR) is 100.0 cm³/mol. The molecule has 0 saturated heterocycles. The fourth-order valence-electron chi connectivity index (χ4n) is 1.89. The summed E-state index contributed by atoms with van der Waals surface area (Å²) in [6, 6.07) is 3.98. The first-order chi connectivity index (χ1) is 12.7. The van der Waals surface area contributed by atoms with Gasteiger partial charge in [-0.3, -0.25) is 10.1 Å². The summed E-state index contributed by atoms with van der Waals surface area (Å²) in [6.07, 6.45) is 0. The van der Waals surface area contributed by atoms with E-state index in [1.165, 1.54) is 19.2 Å². The second-order valence-corrected chi connectivity index (χ2v) is 6.80. The van der Waals surface area contributed by atoms with Crippen molar-refractivity contribution in [2.45, 2.75) is 27.7 Å². The number of methoxy groups -OCH3 is 1. The van der Waals surface area contributed by atoms with Gasteiger partial charge in [-0.05, 0) is 30.0 Å². The number of carbonyl (C=O) groups is 3. The molecule has 2 N–H and O–H groups in total. The molecule has 3 amide bonds. The Morgan fingerprint density at radius 1 is 1.04 bits per heavy atom. The molecular formula is C19H28N2O6. The van der Waals surface area contributed by atoms with Gasteiger partial charge in [-0.15, -0.1) is 0 Å². The van der Waals surface area contributed by atoms with Crippen LogP contribution in [0.15, 0.2) is 18.2 Å². The van der Waals surface area contributed by atoms with E-state index in [-0.39, 0.29) is 11.5 Å². The summed E-state index contributed by atoms with van der Waals surface area (Å²) in [6.45, 7) is 8.28. The summed E-state index contributed by atoms with van der Waals surface area (Å²) in [7, 11) is 1.47. The van der Waals surface area contributed by atoms with Crippen LogP contribution in [0.5, 0.6) is 11.5 Å². The molecule has 0 unspecified atom stereocenters. The Bertz CT molecular complexity index is 658. The van der Waals surface area contributed by atoms with E-state index in [0.29, 0.717) is 30.6 Å². The van der Waals surface area contributed by atoms with Crippen molar-refractivity contribution in [3.63, 3.8) is 0 Å². The first-order valence-electron chi connectivity index (χ1n) is 8.78. The third kappa shape index (κ3) is 8.44. The summed E-state index contributed by atoms with van der Waals surface area (Å²) < 4.78 is 15.8. The molecule has 0 heterocycles. The van der Waals surface area contributed by atoms with Crippen molar-refractivity contribution in [3.8, 4) is 11.5 Å². The minimum Gasteiger partial charge on any atom is -0.493 e. The minimum atomic E-state index is -0.714. The molecule has 0 bridgehead atoms. The number of hydrogen-bond donors (Lipinski definition) is 2. The normalized spacial score (nSPS) is 10.5. The lowest BCUT2D eigenvalue weighted by Crippen LogP contribution is -2.42. The lowest BCUT2D eigenvalue weighted by molar-refractivity contribution is -0.123. The summed E-state index contributed by atoms with van der Waals surface area (Å²) in [5, 5.41) is 4.62. The zero-order chi connectivity index (χ0) is 20.4. The monoisotopic (exact) mass is 380 g/mol. The van der Waals surface area contributed by atoms with Gasteiger partial charge in [0.1, 0.15) is 0 Å². The zero-order valence-corrected chi connectivity index (χ0v) is 16.5. The highest BCUT2D eigenvalue weighted by molar-refractivity contribution is 5.97. The van der Waals surface area contributed by atoms with Crippen molar-refractivity contribution in [3.05, 3.63) is 23.8 Å². The molecule has 0 atom stereocenters. The first-order valence-corrected chi connectivity index (χ1v) is 8.78. The topological polar surface area (TPSA) is 103 Å². The van der Waals surface area contributed by atoms with Gasteiger partial charge in [-0.25, -0.2) is 9.59 Å². The number of carbonyl (C=O) groups excluding carboxylic acids is 3. The second kappa shape index (κ2) is 11.1. The SMILES string of the molecule is COc1cc(C(=O)OCC(=O)NC(=O)NCC(C)C)ccc1OCC(C)C. The number of amides is 3. The van der Waals surface area contributed by atoms with Gasteiger partial charge in [0.05, 0.1) is 19.3 Å². The van der Waals surface area contributed by atoms with Crippen molar-refractivity contribution >= 4 is 17.9 Å². The van der Waals surface area contributed by atoms with Gasteiger partial charge in [-0.2, -0.15) is 0 Å². The maximum atomic E-state index is 12.1. The highest BCUT2D eigenvalue weighted by Crippen LogP contribution is 2.28. The molecule has 27 heavy (non-hydrogen) atoms. The minimum absolute atomic E-state index is 0.209. The fraction of sp³-hybridized carbons (Fsp3) is 0.526. The molecule has 1 aromatic carbocycles. The van der Waals surface area contributed by atoms with Crippen LogP contribution in [-0.2, 0) is 9.53 Å². The van der Waals surface area contributed by atoms with Crippen LogP contribution in [-0.4, -0.2) is 44.8 Å². The van der Waals surface area contributed by atoms with Crippen LogP contribution in [0.1, 0.15) is 38.1 Å². The Labute approximate surface area is 159 Å². The Hall–Kier alpha value is -2.77. The van der Waals surface area contributed by atoms with Crippen molar-refractivity contribution in [2.75, 3.05) is 26.9 Å². The van der Waals surface area contributed by atoms with Crippen molar-refractivity contribution < 1.29 is 28.6 Å². The van der Waals surface area contributed by atoms with Gasteiger partial charge in [-0.1, -0.05) is 27.7 Å². The molecule has 1 aromatic rings. The van der Waals surface area contributed by atoms with Crippen LogP contribution < -0.4 is 20.1 Å². The number of esters is 1. The number of benzene rings is 1. The standard InChI is InChI=1S/C19H28N2O6/c1-12(2)9-20-19(24)21-17(22)11-27-18(23)14-6-7-15(16(8-14)25-5)26-10-13(3)4/h6-8,12-13H,9-11H2,1-5H3,(H2,20,21,22,24). The molecule has 150 valence electrons. The van der Waals surface area contributed by atoms with Crippen LogP contribution in [0.25, 0.3) is 0 Å². The van der Waals surface area contributed by atoms with Crippen molar-refractivity contribution in [2.24, 2.45) is 11.8 Å². The fourth-order valence-corrected chi connectivity index (χ4v) is 1.89. The number of hydrogen-bond acceptors (Lipinski definition) is 6. The molecule has 0 aliphatic rings.